The molecule has 0 spiro atoms. The number of fused-ring (bicyclic) bond motifs is 1. The van der Waals surface area contributed by atoms with Gasteiger partial charge < -0.3 is 9.47 Å². The van der Waals surface area contributed by atoms with Crippen LogP contribution in [0.1, 0.15) is 16.8 Å². The minimum absolute atomic E-state index is 0.0451. The summed E-state index contributed by atoms with van der Waals surface area (Å²) in [5.41, 5.74) is 1.30. The lowest BCUT2D eigenvalue weighted by molar-refractivity contribution is 0.102. The molecule has 9 heteroatoms. The van der Waals surface area contributed by atoms with E-state index in [1.165, 1.54) is 11.8 Å². The first-order valence-corrected chi connectivity index (χ1v) is 9.67. The Balaban J connectivity index is 1.48. The van der Waals surface area contributed by atoms with Gasteiger partial charge in [0.1, 0.15) is 0 Å². The molecule has 1 aliphatic heterocycles. The molecule has 2 heterocycles. The average Bonchev–Trinajstić information content (AvgIpc) is 3.02. The second-order valence-electron chi connectivity index (χ2n) is 5.78. The van der Waals surface area contributed by atoms with E-state index in [2.05, 4.69) is 15.5 Å². The molecule has 0 radical (unpaired) electrons. The molecular formula is C18H15ClN4O3S. The van der Waals surface area contributed by atoms with Crippen molar-refractivity contribution in [2.75, 3.05) is 19.0 Å². The van der Waals surface area contributed by atoms with Crippen molar-refractivity contribution >= 4 is 29.1 Å². The van der Waals surface area contributed by atoms with E-state index in [0.29, 0.717) is 40.5 Å². The summed E-state index contributed by atoms with van der Waals surface area (Å²) in [6.07, 6.45) is 0.819. The number of rotatable bonds is 5. The summed E-state index contributed by atoms with van der Waals surface area (Å²) in [7, 11) is 0. The third-order valence-corrected chi connectivity index (χ3v) is 5.05. The van der Waals surface area contributed by atoms with Gasteiger partial charge in [-0.1, -0.05) is 29.4 Å². The number of tetrazole rings is 1. The smallest absolute Gasteiger partial charge is 0.214 e. The first kappa shape index (κ1) is 17.8. The van der Waals surface area contributed by atoms with Crippen LogP contribution in [0, 0.1) is 0 Å². The van der Waals surface area contributed by atoms with Gasteiger partial charge >= 0.3 is 0 Å². The van der Waals surface area contributed by atoms with Crippen LogP contribution in [0.3, 0.4) is 0 Å². The second kappa shape index (κ2) is 7.98. The van der Waals surface area contributed by atoms with Gasteiger partial charge in [-0.25, -0.2) is 0 Å². The fourth-order valence-corrected chi connectivity index (χ4v) is 3.56. The van der Waals surface area contributed by atoms with Crippen molar-refractivity contribution < 1.29 is 14.3 Å². The monoisotopic (exact) mass is 402 g/mol. The summed E-state index contributed by atoms with van der Waals surface area (Å²) in [6.45, 7) is 1.19. The standard InChI is InChI=1S/C18H15ClN4O3S/c19-13-3-1-4-14(10-13)23-18(20-21-22-23)27-11-15(24)12-5-6-16-17(9-12)26-8-2-7-25-16/h1,3-6,9-10H,2,7-8,11H2. The zero-order valence-electron chi connectivity index (χ0n) is 14.2. The maximum atomic E-state index is 12.6. The number of carbonyl (C=O) groups is 1. The number of benzene rings is 2. The van der Waals surface area contributed by atoms with E-state index in [4.69, 9.17) is 21.1 Å². The maximum Gasteiger partial charge on any atom is 0.214 e. The Morgan fingerprint density at radius 1 is 1.15 bits per heavy atom. The van der Waals surface area contributed by atoms with Crippen molar-refractivity contribution in [3.8, 4) is 17.2 Å². The number of carbonyl (C=O) groups excluding carboxylic acids is 1. The molecule has 1 aromatic heterocycles. The summed E-state index contributed by atoms with van der Waals surface area (Å²) >= 11 is 7.29. The molecule has 0 saturated heterocycles. The van der Waals surface area contributed by atoms with Crippen molar-refractivity contribution in [1.82, 2.24) is 20.2 Å². The van der Waals surface area contributed by atoms with E-state index in [1.807, 2.05) is 12.1 Å². The molecule has 3 aromatic rings. The third kappa shape index (κ3) is 4.06. The Kier molecular flexibility index (Phi) is 5.26. The highest BCUT2D eigenvalue weighted by Crippen LogP contribution is 2.31. The van der Waals surface area contributed by atoms with Crippen molar-refractivity contribution in [3.05, 3.63) is 53.1 Å². The molecule has 27 heavy (non-hydrogen) atoms. The van der Waals surface area contributed by atoms with Crippen LogP contribution < -0.4 is 9.47 Å². The zero-order chi connectivity index (χ0) is 18.6. The lowest BCUT2D eigenvalue weighted by Crippen LogP contribution is -2.05. The number of Topliss-reactive ketones (excluding diaryl/α,β-unsaturated/α-hetero) is 1. The number of halogens is 1. The Morgan fingerprint density at radius 3 is 2.85 bits per heavy atom. The Morgan fingerprint density at radius 2 is 2.00 bits per heavy atom. The SMILES string of the molecule is O=C(CSc1nnnn1-c1cccc(Cl)c1)c1ccc2c(c1)OCCCO2. The van der Waals surface area contributed by atoms with Crippen LogP contribution in [0.5, 0.6) is 11.5 Å². The topological polar surface area (TPSA) is 79.1 Å². The molecule has 4 rings (SSSR count). The van der Waals surface area contributed by atoms with Gasteiger partial charge in [-0.05, 0) is 46.8 Å². The van der Waals surface area contributed by atoms with Gasteiger partial charge in [0.15, 0.2) is 17.3 Å². The number of hydrogen-bond acceptors (Lipinski definition) is 7. The highest BCUT2D eigenvalue weighted by atomic mass is 35.5. The Hall–Kier alpha value is -2.58. The van der Waals surface area contributed by atoms with Crippen LogP contribution >= 0.6 is 23.4 Å². The molecule has 0 amide bonds. The molecule has 2 aromatic carbocycles. The zero-order valence-corrected chi connectivity index (χ0v) is 15.7. The predicted octanol–water partition coefficient (Wildman–Crippen LogP) is 3.45. The van der Waals surface area contributed by atoms with Gasteiger partial charge in [-0.2, -0.15) is 4.68 Å². The van der Waals surface area contributed by atoms with Crippen molar-refractivity contribution in [2.24, 2.45) is 0 Å². The van der Waals surface area contributed by atoms with E-state index in [9.17, 15) is 4.79 Å². The largest absolute Gasteiger partial charge is 0.490 e. The number of hydrogen-bond donors (Lipinski definition) is 0. The van der Waals surface area contributed by atoms with Gasteiger partial charge in [-0.15, -0.1) is 5.10 Å². The highest BCUT2D eigenvalue weighted by Gasteiger charge is 2.16. The lowest BCUT2D eigenvalue weighted by Gasteiger charge is -2.09. The highest BCUT2D eigenvalue weighted by molar-refractivity contribution is 7.99. The van der Waals surface area contributed by atoms with Crippen LogP contribution in [0.4, 0.5) is 0 Å². The van der Waals surface area contributed by atoms with Crippen LogP contribution in [0.2, 0.25) is 5.02 Å². The summed E-state index contributed by atoms with van der Waals surface area (Å²) < 4.78 is 12.8. The number of nitrogens with zero attached hydrogens (tertiary/aromatic N) is 4. The van der Waals surface area contributed by atoms with Gasteiger partial charge in [0, 0.05) is 17.0 Å². The summed E-state index contributed by atoms with van der Waals surface area (Å²) in [5, 5.41) is 12.8. The van der Waals surface area contributed by atoms with Gasteiger partial charge in [-0.3, -0.25) is 4.79 Å². The first-order chi connectivity index (χ1) is 13.2. The number of aromatic nitrogens is 4. The fraction of sp³-hybridized carbons (Fsp3) is 0.222. The van der Waals surface area contributed by atoms with E-state index in [-0.39, 0.29) is 11.5 Å². The molecule has 0 N–H and O–H groups in total. The molecule has 1 aliphatic rings. The van der Waals surface area contributed by atoms with E-state index in [1.54, 1.807) is 35.0 Å². The van der Waals surface area contributed by atoms with Crippen LogP contribution in [-0.2, 0) is 0 Å². The van der Waals surface area contributed by atoms with Crippen molar-refractivity contribution in [2.45, 2.75) is 11.6 Å². The number of ether oxygens (including phenoxy) is 2. The summed E-state index contributed by atoms with van der Waals surface area (Å²) in [4.78, 5) is 12.6. The molecular weight excluding hydrogens is 388 g/mol. The van der Waals surface area contributed by atoms with E-state index < -0.39 is 0 Å². The fourth-order valence-electron chi connectivity index (χ4n) is 2.59. The van der Waals surface area contributed by atoms with Crippen molar-refractivity contribution in [3.63, 3.8) is 0 Å². The Labute approximate surface area is 164 Å². The molecule has 7 nitrogen and oxygen atoms in total. The molecule has 138 valence electrons. The molecule has 0 bridgehead atoms. The van der Waals surface area contributed by atoms with Gasteiger partial charge in [0.05, 0.1) is 24.7 Å². The molecule has 0 aliphatic carbocycles. The molecule has 0 unspecified atom stereocenters. The minimum Gasteiger partial charge on any atom is -0.490 e. The van der Waals surface area contributed by atoms with Crippen molar-refractivity contribution in [1.29, 1.82) is 0 Å². The number of thioether (sulfide) groups is 1. The Bertz CT molecular complexity index is 979. The van der Waals surface area contributed by atoms with Crippen LogP contribution in [0.15, 0.2) is 47.6 Å². The molecule has 0 atom stereocenters. The molecule has 0 fully saturated rings. The quantitative estimate of drug-likeness (QED) is 0.477. The summed E-state index contributed by atoms with van der Waals surface area (Å²) in [6, 6.07) is 12.4. The lowest BCUT2D eigenvalue weighted by atomic mass is 10.1. The second-order valence-corrected chi connectivity index (χ2v) is 7.16. The predicted molar refractivity (Wildman–Crippen MR) is 101 cm³/mol. The maximum absolute atomic E-state index is 12.6. The first-order valence-electron chi connectivity index (χ1n) is 8.31. The van der Waals surface area contributed by atoms with Gasteiger partial charge in [0.2, 0.25) is 5.16 Å². The van der Waals surface area contributed by atoms with Gasteiger partial charge in [0.25, 0.3) is 0 Å². The van der Waals surface area contributed by atoms with Crippen LogP contribution in [0.25, 0.3) is 5.69 Å². The summed E-state index contributed by atoms with van der Waals surface area (Å²) in [5.74, 6) is 1.42. The van der Waals surface area contributed by atoms with E-state index >= 15 is 0 Å². The third-order valence-electron chi connectivity index (χ3n) is 3.90. The average molecular weight is 403 g/mol. The minimum atomic E-state index is -0.0451. The molecule has 0 saturated carbocycles. The van der Waals surface area contributed by atoms with Crippen LogP contribution in [-0.4, -0.2) is 45.0 Å². The number of ketones is 1. The van der Waals surface area contributed by atoms with E-state index in [0.717, 1.165) is 12.1 Å². The normalized spacial score (nSPS) is 13.2.